The topological polar surface area (TPSA) is 257 Å². The van der Waals surface area contributed by atoms with E-state index in [9.17, 15) is 33.9 Å². The van der Waals surface area contributed by atoms with Crippen molar-refractivity contribution < 1.29 is 39.0 Å². The van der Waals surface area contributed by atoms with Gasteiger partial charge in [-0.15, -0.1) is 0 Å². The third kappa shape index (κ3) is 10.2. The number of carboxylic acids is 1. The van der Waals surface area contributed by atoms with Crippen LogP contribution in [0.25, 0.3) is 0 Å². The van der Waals surface area contributed by atoms with E-state index >= 15 is 0 Å². The molecule has 0 aromatic rings. The number of primary amides is 2. The number of hydrogen-bond donors (Lipinski definition) is 8. The average molecular weight is 460 g/mol. The first-order valence-corrected chi connectivity index (χ1v) is 9.81. The van der Waals surface area contributed by atoms with Crippen LogP contribution in [0.2, 0.25) is 0 Å². The maximum Gasteiger partial charge on any atom is 0.328 e. The van der Waals surface area contributed by atoms with Gasteiger partial charge in [-0.05, 0) is 19.3 Å². The van der Waals surface area contributed by atoms with Gasteiger partial charge in [0, 0.05) is 6.42 Å². The minimum absolute atomic E-state index is 0.283. The Morgan fingerprint density at radius 1 is 0.812 bits per heavy atom. The normalized spacial score (nSPS) is 15.6. The van der Waals surface area contributed by atoms with E-state index in [4.69, 9.17) is 22.3 Å². The van der Waals surface area contributed by atoms with Gasteiger partial charge in [0.1, 0.15) is 12.1 Å². The molecule has 0 bridgehead atoms. The highest BCUT2D eigenvalue weighted by molar-refractivity contribution is 5.96. The Balaban J connectivity index is 5.60. The van der Waals surface area contributed by atoms with Crippen LogP contribution in [-0.2, 0) is 28.8 Å². The summed E-state index contributed by atoms with van der Waals surface area (Å²) in [6.07, 6.45) is -2.75. The SMILES string of the molecule is CC(C)C(N)C(=O)NC(CC(N)=O)C(=O)NC(CCC(N)=O)C(=O)NC(C(=O)O)C(C)O. The van der Waals surface area contributed by atoms with Crippen molar-refractivity contribution in [3.05, 3.63) is 0 Å². The molecule has 14 heteroatoms. The molecule has 0 saturated carbocycles. The number of carboxylic acid groups (broad SMARTS) is 1. The molecule has 14 nitrogen and oxygen atoms in total. The molecule has 0 radical (unpaired) electrons. The molecule has 182 valence electrons. The lowest BCUT2D eigenvalue weighted by Crippen LogP contribution is -2.59. The van der Waals surface area contributed by atoms with E-state index in [0.717, 1.165) is 6.92 Å². The van der Waals surface area contributed by atoms with Crippen LogP contribution in [0.1, 0.15) is 40.0 Å². The average Bonchev–Trinajstić information content (AvgIpc) is 2.66. The smallest absolute Gasteiger partial charge is 0.328 e. The van der Waals surface area contributed by atoms with Crippen LogP contribution in [0.3, 0.4) is 0 Å². The second-order valence-corrected chi connectivity index (χ2v) is 7.63. The van der Waals surface area contributed by atoms with Gasteiger partial charge in [0.05, 0.1) is 18.6 Å². The van der Waals surface area contributed by atoms with Crippen LogP contribution < -0.4 is 33.2 Å². The summed E-state index contributed by atoms with van der Waals surface area (Å²) in [5.74, 6) is -6.31. The van der Waals surface area contributed by atoms with Crippen LogP contribution in [0, 0.1) is 5.92 Å². The first-order valence-electron chi connectivity index (χ1n) is 9.81. The summed E-state index contributed by atoms with van der Waals surface area (Å²) in [7, 11) is 0. The second kappa shape index (κ2) is 13.2. The number of aliphatic hydroxyl groups excluding tert-OH is 1. The van der Waals surface area contributed by atoms with Crippen molar-refractivity contribution in [2.45, 2.75) is 70.3 Å². The predicted octanol–water partition coefficient (Wildman–Crippen LogP) is -3.97. The van der Waals surface area contributed by atoms with Crippen molar-refractivity contribution in [3.8, 4) is 0 Å². The molecule has 0 heterocycles. The van der Waals surface area contributed by atoms with Gasteiger partial charge < -0.3 is 43.4 Å². The number of aliphatic carboxylic acids is 1. The summed E-state index contributed by atoms with van der Waals surface area (Å²) in [5.41, 5.74) is 15.9. The van der Waals surface area contributed by atoms with Crippen molar-refractivity contribution in [1.29, 1.82) is 0 Å². The molecule has 5 unspecified atom stereocenters. The van der Waals surface area contributed by atoms with E-state index in [1.807, 2.05) is 5.32 Å². The van der Waals surface area contributed by atoms with E-state index in [1.54, 1.807) is 13.8 Å². The number of carbonyl (C=O) groups is 6. The van der Waals surface area contributed by atoms with Gasteiger partial charge in [-0.1, -0.05) is 13.8 Å². The van der Waals surface area contributed by atoms with Crippen molar-refractivity contribution in [1.82, 2.24) is 16.0 Å². The quantitative estimate of drug-likeness (QED) is 0.125. The third-order valence-corrected chi connectivity index (χ3v) is 4.42. The first-order chi connectivity index (χ1) is 14.7. The maximum absolute atomic E-state index is 12.7. The zero-order chi connectivity index (χ0) is 25.2. The number of hydrogen-bond acceptors (Lipinski definition) is 8. The van der Waals surface area contributed by atoms with Crippen LogP contribution in [-0.4, -0.2) is 76.0 Å². The van der Waals surface area contributed by atoms with Crippen molar-refractivity contribution in [2.75, 3.05) is 0 Å². The number of nitrogens with two attached hydrogens (primary N) is 3. The van der Waals surface area contributed by atoms with E-state index in [1.165, 1.54) is 0 Å². The molecule has 11 N–H and O–H groups in total. The fourth-order valence-electron chi connectivity index (χ4n) is 2.45. The molecule has 0 rings (SSSR count). The van der Waals surface area contributed by atoms with Crippen LogP contribution >= 0.6 is 0 Å². The minimum atomic E-state index is -1.69. The van der Waals surface area contributed by atoms with Gasteiger partial charge >= 0.3 is 5.97 Å². The minimum Gasteiger partial charge on any atom is -0.480 e. The summed E-state index contributed by atoms with van der Waals surface area (Å²) in [4.78, 5) is 71.1. The fourth-order valence-corrected chi connectivity index (χ4v) is 2.45. The molecule has 5 atom stereocenters. The Kier molecular flexibility index (Phi) is 11.9. The Bertz CT molecular complexity index is 726. The number of amides is 5. The number of aliphatic hydroxyl groups is 1. The summed E-state index contributed by atoms with van der Waals surface area (Å²) in [6, 6.07) is -5.64. The first kappa shape index (κ1) is 28.7. The lowest BCUT2D eigenvalue weighted by atomic mass is 10.0. The molecular weight excluding hydrogens is 428 g/mol. The highest BCUT2D eigenvalue weighted by Gasteiger charge is 2.32. The molecule has 0 aliphatic carbocycles. The van der Waals surface area contributed by atoms with Crippen LogP contribution in [0.15, 0.2) is 0 Å². The Morgan fingerprint density at radius 2 is 1.31 bits per heavy atom. The Labute approximate surface area is 184 Å². The van der Waals surface area contributed by atoms with Crippen LogP contribution in [0.4, 0.5) is 0 Å². The molecule has 0 saturated heterocycles. The molecule has 0 fully saturated rings. The Morgan fingerprint density at radius 3 is 1.72 bits per heavy atom. The van der Waals surface area contributed by atoms with E-state index in [-0.39, 0.29) is 18.8 Å². The number of rotatable bonds is 14. The summed E-state index contributed by atoms with van der Waals surface area (Å²) >= 11 is 0. The molecule has 0 aromatic carbocycles. The fraction of sp³-hybridized carbons (Fsp3) is 0.667. The van der Waals surface area contributed by atoms with Gasteiger partial charge in [0.2, 0.25) is 29.5 Å². The lowest BCUT2D eigenvalue weighted by molar-refractivity contribution is -0.145. The summed E-state index contributed by atoms with van der Waals surface area (Å²) < 4.78 is 0. The maximum atomic E-state index is 12.7. The van der Waals surface area contributed by atoms with Gasteiger partial charge in [-0.25, -0.2) is 4.79 Å². The molecule has 32 heavy (non-hydrogen) atoms. The largest absolute Gasteiger partial charge is 0.480 e. The van der Waals surface area contributed by atoms with Crippen molar-refractivity contribution >= 4 is 35.5 Å². The molecule has 0 spiro atoms. The molecule has 0 aliphatic heterocycles. The highest BCUT2D eigenvalue weighted by atomic mass is 16.4. The van der Waals surface area contributed by atoms with Gasteiger partial charge in [0.25, 0.3) is 0 Å². The zero-order valence-corrected chi connectivity index (χ0v) is 18.2. The van der Waals surface area contributed by atoms with Gasteiger partial charge in [-0.2, -0.15) is 0 Å². The predicted molar refractivity (Wildman–Crippen MR) is 110 cm³/mol. The molecule has 0 aliphatic rings. The second-order valence-electron chi connectivity index (χ2n) is 7.63. The Hall–Kier alpha value is -3.26. The highest BCUT2D eigenvalue weighted by Crippen LogP contribution is 2.04. The van der Waals surface area contributed by atoms with E-state index in [2.05, 4.69) is 10.6 Å². The lowest BCUT2D eigenvalue weighted by Gasteiger charge is -2.25. The van der Waals surface area contributed by atoms with Crippen molar-refractivity contribution in [3.63, 3.8) is 0 Å². The van der Waals surface area contributed by atoms with Crippen molar-refractivity contribution in [2.24, 2.45) is 23.1 Å². The molecule has 0 aromatic heterocycles. The van der Waals surface area contributed by atoms with Gasteiger partial charge in [0.15, 0.2) is 6.04 Å². The number of nitrogens with one attached hydrogen (secondary N) is 3. The summed E-state index contributed by atoms with van der Waals surface area (Å²) in [6.45, 7) is 4.46. The zero-order valence-electron chi connectivity index (χ0n) is 18.2. The standard InChI is InChI=1S/C18H32N6O8/c1-7(2)13(21)17(30)23-10(6-12(20)27)16(29)22-9(4-5-11(19)26)15(28)24-14(8(3)25)18(31)32/h7-10,13-14,25H,4-6,21H2,1-3H3,(H2,19,26)(H2,20,27)(H,22,29)(H,23,30)(H,24,28)(H,31,32). The molecular formula is C18H32N6O8. The number of carbonyl (C=O) groups excluding carboxylic acids is 5. The third-order valence-electron chi connectivity index (χ3n) is 4.42. The van der Waals surface area contributed by atoms with Gasteiger partial charge in [-0.3, -0.25) is 24.0 Å². The summed E-state index contributed by atoms with van der Waals surface area (Å²) in [5, 5.41) is 25.2. The van der Waals surface area contributed by atoms with E-state index in [0.29, 0.717) is 0 Å². The van der Waals surface area contributed by atoms with E-state index < -0.39 is 72.2 Å². The molecule has 5 amide bonds. The monoisotopic (exact) mass is 460 g/mol. The van der Waals surface area contributed by atoms with Crippen LogP contribution in [0.5, 0.6) is 0 Å².